The minimum absolute atomic E-state index is 0.516. The molecule has 0 aliphatic carbocycles. The summed E-state index contributed by atoms with van der Waals surface area (Å²) in [7, 11) is -2.01. The fourth-order valence-corrected chi connectivity index (χ4v) is 0.631. The maximum atomic E-state index is 12.5. The van der Waals surface area contributed by atoms with E-state index in [9.17, 15) is 8.78 Å². The second-order valence-electron chi connectivity index (χ2n) is 1.88. The summed E-state index contributed by atoms with van der Waals surface area (Å²) in [6, 6.07) is 0.989. The molecule has 0 aliphatic heterocycles. The molecule has 0 saturated carbocycles. The molecule has 0 radical (unpaired) electrons. The predicted octanol–water partition coefficient (Wildman–Crippen LogP) is -0.960. The molecule has 0 aliphatic rings. The third-order valence-corrected chi connectivity index (χ3v) is 1.15. The van der Waals surface area contributed by atoms with Gasteiger partial charge in [0.05, 0.1) is 0 Å². The second kappa shape index (κ2) is 2.94. The number of aromatic nitrogens is 1. The first kappa shape index (κ1) is 8.09. The monoisotopic (exact) mass is 159 g/mol. The SMILES string of the molecule is OB(O)c1ccnc(F)c1F. The van der Waals surface area contributed by atoms with Crippen molar-refractivity contribution in [3.05, 3.63) is 24.0 Å². The normalized spacial score (nSPS) is 9.82. The molecule has 0 amide bonds. The topological polar surface area (TPSA) is 53.4 Å². The van der Waals surface area contributed by atoms with Crippen LogP contribution in [0.1, 0.15) is 0 Å². The van der Waals surface area contributed by atoms with Crippen molar-refractivity contribution in [1.82, 2.24) is 4.98 Å². The molecule has 3 nitrogen and oxygen atoms in total. The summed E-state index contributed by atoms with van der Waals surface area (Å²) in [5, 5.41) is 16.9. The zero-order chi connectivity index (χ0) is 8.43. The van der Waals surface area contributed by atoms with Gasteiger partial charge in [0.25, 0.3) is 0 Å². The molecule has 0 spiro atoms. The van der Waals surface area contributed by atoms with Gasteiger partial charge in [-0.15, -0.1) is 0 Å². The molecule has 1 aromatic rings. The summed E-state index contributed by atoms with van der Waals surface area (Å²) in [6.45, 7) is 0. The van der Waals surface area contributed by atoms with E-state index in [0.29, 0.717) is 0 Å². The largest absolute Gasteiger partial charge is 0.491 e. The third kappa shape index (κ3) is 1.52. The molecule has 0 bridgehead atoms. The quantitative estimate of drug-likeness (QED) is 0.409. The van der Waals surface area contributed by atoms with Crippen molar-refractivity contribution in [1.29, 1.82) is 0 Å². The lowest BCUT2D eigenvalue weighted by Crippen LogP contribution is -2.33. The summed E-state index contributed by atoms with van der Waals surface area (Å²) >= 11 is 0. The van der Waals surface area contributed by atoms with Gasteiger partial charge in [0.15, 0.2) is 5.82 Å². The highest BCUT2D eigenvalue weighted by atomic mass is 19.2. The van der Waals surface area contributed by atoms with Crippen LogP contribution in [0.3, 0.4) is 0 Å². The average Bonchev–Trinajstić information content (AvgIpc) is 1.94. The Morgan fingerprint density at radius 1 is 1.36 bits per heavy atom. The van der Waals surface area contributed by atoms with Crippen molar-refractivity contribution in [3.63, 3.8) is 0 Å². The van der Waals surface area contributed by atoms with Crippen LogP contribution in [0.5, 0.6) is 0 Å². The smallest absolute Gasteiger partial charge is 0.423 e. The Hall–Kier alpha value is -1.01. The Morgan fingerprint density at radius 2 is 2.00 bits per heavy atom. The molecule has 2 N–H and O–H groups in total. The molecular formula is C5H4BF2NO2. The zero-order valence-electron chi connectivity index (χ0n) is 5.33. The summed E-state index contributed by atoms with van der Waals surface area (Å²) in [5.41, 5.74) is -0.516. The second-order valence-corrected chi connectivity index (χ2v) is 1.88. The van der Waals surface area contributed by atoms with Crippen molar-refractivity contribution in [2.75, 3.05) is 0 Å². The van der Waals surface area contributed by atoms with Crippen LogP contribution in [-0.2, 0) is 0 Å². The van der Waals surface area contributed by atoms with Gasteiger partial charge in [0.2, 0.25) is 5.95 Å². The van der Waals surface area contributed by atoms with Crippen LogP contribution < -0.4 is 5.46 Å². The van der Waals surface area contributed by atoms with E-state index in [1.54, 1.807) is 0 Å². The van der Waals surface area contributed by atoms with Gasteiger partial charge in [-0.05, 0) is 6.07 Å². The first-order valence-corrected chi connectivity index (χ1v) is 2.79. The molecule has 0 aromatic carbocycles. The standard InChI is InChI=1S/C5H4BF2NO2/c7-4-3(6(10)11)1-2-9-5(4)8/h1-2,10-11H. The van der Waals surface area contributed by atoms with Crippen LogP contribution >= 0.6 is 0 Å². The molecule has 1 rings (SSSR count). The Kier molecular flexibility index (Phi) is 2.16. The maximum absolute atomic E-state index is 12.5. The number of hydrogen-bond acceptors (Lipinski definition) is 3. The van der Waals surface area contributed by atoms with Gasteiger partial charge < -0.3 is 10.0 Å². The van der Waals surface area contributed by atoms with E-state index in [2.05, 4.69) is 4.98 Å². The Morgan fingerprint density at radius 3 is 2.45 bits per heavy atom. The molecule has 1 heterocycles. The van der Waals surface area contributed by atoms with E-state index in [4.69, 9.17) is 10.0 Å². The van der Waals surface area contributed by atoms with Crippen LogP contribution in [0.4, 0.5) is 8.78 Å². The van der Waals surface area contributed by atoms with Crippen molar-refractivity contribution in [2.45, 2.75) is 0 Å². The lowest BCUT2D eigenvalue weighted by atomic mass is 9.81. The van der Waals surface area contributed by atoms with Crippen molar-refractivity contribution in [3.8, 4) is 0 Å². The third-order valence-electron chi connectivity index (χ3n) is 1.15. The van der Waals surface area contributed by atoms with Gasteiger partial charge >= 0.3 is 7.12 Å². The highest BCUT2D eigenvalue weighted by Crippen LogP contribution is 1.97. The fraction of sp³-hybridized carbons (Fsp3) is 0. The molecule has 0 unspecified atom stereocenters. The van der Waals surface area contributed by atoms with E-state index < -0.39 is 24.3 Å². The Bertz CT molecular complexity index is 269. The molecule has 0 saturated heterocycles. The fourth-order valence-electron chi connectivity index (χ4n) is 0.631. The van der Waals surface area contributed by atoms with Gasteiger partial charge in [-0.3, -0.25) is 0 Å². The lowest BCUT2D eigenvalue weighted by molar-refractivity contribution is 0.418. The number of nitrogens with zero attached hydrogens (tertiary/aromatic N) is 1. The van der Waals surface area contributed by atoms with Crippen LogP contribution in [0.15, 0.2) is 12.3 Å². The highest BCUT2D eigenvalue weighted by molar-refractivity contribution is 6.58. The van der Waals surface area contributed by atoms with Gasteiger partial charge in [-0.25, -0.2) is 9.37 Å². The first-order valence-electron chi connectivity index (χ1n) is 2.79. The zero-order valence-corrected chi connectivity index (χ0v) is 5.33. The van der Waals surface area contributed by atoms with E-state index in [1.807, 2.05) is 0 Å². The summed E-state index contributed by atoms with van der Waals surface area (Å²) < 4.78 is 24.7. The molecule has 6 heteroatoms. The molecule has 58 valence electrons. The van der Waals surface area contributed by atoms with E-state index in [-0.39, 0.29) is 0 Å². The Balaban J connectivity index is 3.17. The molecular weight excluding hydrogens is 155 g/mol. The van der Waals surface area contributed by atoms with Crippen molar-refractivity contribution >= 4 is 12.6 Å². The highest BCUT2D eigenvalue weighted by Gasteiger charge is 2.19. The average molecular weight is 159 g/mol. The molecule has 1 aromatic heterocycles. The minimum atomic E-state index is -2.01. The van der Waals surface area contributed by atoms with Crippen molar-refractivity contribution in [2.24, 2.45) is 0 Å². The predicted molar refractivity (Wildman–Crippen MR) is 34.0 cm³/mol. The number of hydrogen-bond donors (Lipinski definition) is 2. The van der Waals surface area contributed by atoms with Gasteiger partial charge in [-0.1, -0.05) is 0 Å². The Labute approximate surface area is 61.5 Å². The molecule has 11 heavy (non-hydrogen) atoms. The number of pyridine rings is 1. The van der Waals surface area contributed by atoms with Gasteiger partial charge in [-0.2, -0.15) is 4.39 Å². The molecule has 0 atom stereocenters. The summed E-state index contributed by atoms with van der Waals surface area (Å²) in [5.74, 6) is -2.67. The number of halogens is 2. The van der Waals surface area contributed by atoms with Crippen molar-refractivity contribution < 1.29 is 18.8 Å². The number of rotatable bonds is 1. The van der Waals surface area contributed by atoms with E-state index in [1.165, 1.54) is 0 Å². The van der Waals surface area contributed by atoms with E-state index >= 15 is 0 Å². The maximum Gasteiger partial charge on any atom is 0.491 e. The van der Waals surface area contributed by atoms with Crippen LogP contribution in [0, 0.1) is 11.8 Å². The lowest BCUT2D eigenvalue weighted by Gasteiger charge is -1.99. The van der Waals surface area contributed by atoms with Crippen LogP contribution in [0.25, 0.3) is 0 Å². The van der Waals surface area contributed by atoms with Gasteiger partial charge in [0, 0.05) is 11.7 Å². The molecule has 0 fully saturated rings. The first-order chi connectivity index (χ1) is 5.13. The minimum Gasteiger partial charge on any atom is -0.423 e. The summed E-state index contributed by atoms with van der Waals surface area (Å²) in [6.07, 6.45) is 0.952. The van der Waals surface area contributed by atoms with Crippen LogP contribution in [0.2, 0.25) is 0 Å². The summed E-state index contributed by atoms with van der Waals surface area (Å²) in [4.78, 5) is 2.96. The van der Waals surface area contributed by atoms with Gasteiger partial charge in [0.1, 0.15) is 0 Å². The van der Waals surface area contributed by atoms with Crippen LogP contribution in [-0.4, -0.2) is 22.2 Å². The van der Waals surface area contributed by atoms with E-state index in [0.717, 1.165) is 12.3 Å².